The van der Waals surface area contributed by atoms with Crippen molar-refractivity contribution in [2.75, 3.05) is 37.6 Å². The van der Waals surface area contributed by atoms with E-state index in [2.05, 4.69) is 50.5 Å². The van der Waals surface area contributed by atoms with Gasteiger partial charge in [0.15, 0.2) is 5.96 Å². The first-order chi connectivity index (χ1) is 13.6. The maximum atomic E-state index is 6.23. The van der Waals surface area contributed by atoms with Gasteiger partial charge >= 0.3 is 0 Å². The molecular formula is C21H26ClIN6. The number of imidazole rings is 1. The SMILES string of the molecule is Cc1cccn2cc(CCN=C(N)N3CCN(c4ccc(Cl)cc4)CC3)nc12.I. The minimum Gasteiger partial charge on any atom is -0.370 e. The van der Waals surface area contributed by atoms with Crippen LogP contribution in [0, 0.1) is 6.92 Å². The molecule has 8 heteroatoms. The minimum absolute atomic E-state index is 0. The number of pyridine rings is 1. The summed E-state index contributed by atoms with van der Waals surface area (Å²) >= 11 is 5.97. The second-order valence-corrected chi connectivity index (χ2v) is 7.53. The van der Waals surface area contributed by atoms with Gasteiger partial charge in [-0.3, -0.25) is 4.99 Å². The molecule has 0 bridgehead atoms. The fraction of sp³-hybridized carbons (Fsp3) is 0.333. The fourth-order valence-electron chi connectivity index (χ4n) is 3.56. The van der Waals surface area contributed by atoms with E-state index in [1.54, 1.807) is 0 Å². The molecule has 1 aliphatic heterocycles. The molecule has 29 heavy (non-hydrogen) atoms. The normalized spacial score (nSPS) is 14.9. The Hall–Kier alpha value is -2.00. The summed E-state index contributed by atoms with van der Waals surface area (Å²) in [5.74, 6) is 0.621. The highest BCUT2D eigenvalue weighted by molar-refractivity contribution is 14.0. The fourth-order valence-corrected chi connectivity index (χ4v) is 3.68. The number of piperazine rings is 1. The Kier molecular flexibility index (Phi) is 7.23. The average Bonchev–Trinajstić information content (AvgIpc) is 3.13. The smallest absolute Gasteiger partial charge is 0.191 e. The largest absolute Gasteiger partial charge is 0.370 e. The maximum absolute atomic E-state index is 6.23. The predicted octanol–water partition coefficient (Wildman–Crippen LogP) is 3.59. The van der Waals surface area contributed by atoms with Crippen molar-refractivity contribution in [1.82, 2.24) is 14.3 Å². The predicted molar refractivity (Wildman–Crippen MR) is 131 cm³/mol. The van der Waals surface area contributed by atoms with Crippen LogP contribution in [0.25, 0.3) is 5.65 Å². The lowest BCUT2D eigenvalue weighted by atomic mass is 10.2. The number of aryl methyl sites for hydroxylation is 1. The van der Waals surface area contributed by atoms with E-state index >= 15 is 0 Å². The highest BCUT2D eigenvalue weighted by Gasteiger charge is 2.18. The van der Waals surface area contributed by atoms with Crippen LogP contribution in [-0.2, 0) is 6.42 Å². The molecule has 4 rings (SSSR count). The van der Waals surface area contributed by atoms with Crippen LogP contribution < -0.4 is 10.6 Å². The van der Waals surface area contributed by atoms with E-state index in [0.717, 1.165) is 49.0 Å². The van der Waals surface area contributed by atoms with Crippen molar-refractivity contribution in [2.45, 2.75) is 13.3 Å². The van der Waals surface area contributed by atoms with Gasteiger partial charge in [0.1, 0.15) is 5.65 Å². The zero-order valence-electron chi connectivity index (χ0n) is 16.5. The molecule has 1 fully saturated rings. The molecule has 1 aromatic carbocycles. The van der Waals surface area contributed by atoms with E-state index in [-0.39, 0.29) is 24.0 Å². The Bertz CT molecular complexity index is 977. The third-order valence-corrected chi connectivity index (χ3v) is 5.42. The number of anilines is 1. The van der Waals surface area contributed by atoms with Crippen LogP contribution in [0.5, 0.6) is 0 Å². The van der Waals surface area contributed by atoms with Crippen molar-refractivity contribution < 1.29 is 0 Å². The van der Waals surface area contributed by atoms with Gasteiger partial charge in [0, 0.05) is 62.2 Å². The van der Waals surface area contributed by atoms with Crippen molar-refractivity contribution in [1.29, 1.82) is 0 Å². The minimum atomic E-state index is 0. The summed E-state index contributed by atoms with van der Waals surface area (Å²) in [6.45, 7) is 6.29. The maximum Gasteiger partial charge on any atom is 0.191 e. The monoisotopic (exact) mass is 524 g/mol. The highest BCUT2D eigenvalue weighted by atomic mass is 127. The Morgan fingerprint density at radius 3 is 2.55 bits per heavy atom. The van der Waals surface area contributed by atoms with Gasteiger partial charge < -0.3 is 19.9 Å². The molecule has 3 aromatic rings. The Balaban J connectivity index is 0.00000240. The quantitative estimate of drug-likeness (QED) is 0.322. The number of benzene rings is 1. The van der Waals surface area contributed by atoms with E-state index in [1.807, 2.05) is 24.4 Å². The van der Waals surface area contributed by atoms with E-state index in [4.69, 9.17) is 22.3 Å². The molecule has 1 saturated heterocycles. The van der Waals surface area contributed by atoms with E-state index in [1.165, 1.54) is 11.3 Å². The first-order valence-electron chi connectivity index (χ1n) is 9.59. The molecule has 154 valence electrons. The molecule has 0 aliphatic carbocycles. The number of hydrogen-bond donors (Lipinski definition) is 1. The Morgan fingerprint density at radius 2 is 1.86 bits per heavy atom. The van der Waals surface area contributed by atoms with Crippen molar-refractivity contribution >= 4 is 52.9 Å². The summed E-state index contributed by atoms with van der Waals surface area (Å²) in [5, 5.41) is 0.763. The van der Waals surface area contributed by atoms with Gasteiger partial charge in [-0.2, -0.15) is 0 Å². The van der Waals surface area contributed by atoms with Gasteiger partial charge in [0.2, 0.25) is 0 Å². The van der Waals surface area contributed by atoms with Crippen LogP contribution in [0.3, 0.4) is 0 Å². The number of guanidine groups is 1. The lowest BCUT2D eigenvalue weighted by Crippen LogP contribution is -2.51. The summed E-state index contributed by atoms with van der Waals surface area (Å²) < 4.78 is 2.06. The summed E-state index contributed by atoms with van der Waals surface area (Å²) in [7, 11) is 0. The molecule has 2 N–H and O–H groups in total. The summed E-state index contributed by atoms with van der Waals surface area (Å²) in [4.78, 5) is 13.8. The number of aromatic nitrogens is 2. The van der Waals surface area contributed by atoms with Crippen molar-refractivity contribution in [2.24, 2.45) is 10.7 Å². The molecule has 0 spiro atoms. The number of nitrogens with zero attached hydrogens (tertiary/aromatic N) is 5. The Labute approximate surface area is 193 Å². The van der Waals surface area contributed by atoms with Crippen LogP contribution in [-0.4, -0.2) is 53.0 Å². The number of halogens is 2. The molecule has 0 amide bonds. The van der Waals surface area contributed by atoms with Gasteiger partial charge in [-0.1, -0.05) is 17.7 Å². The third kappa shape index (κ3) is 5.14. The van der Waals surface area contributed by atoms with Crippen LogP contribution >= 0.6 is 35.6 Å². The number of aliphatic imine (C=N–C) groups is 1. The van der Waals surface area contributed by atoms with Crippen LogP contribution in [0.15, 0.2) is 53.8 Å². The van der Waals surface area contributed by atoms with Crippen molar-refractivity contribution in [3.8, 4) is 0 Å². The zero-order valence-corrected chi connectivity index (χ0v) is 19.5. The van der Waals surface area contributed by atoms with Crippen molar-refractivity contribution in [3.63, 3.8) is 0 Å². The standard InChI is InChI=1S/C21H25ClN6.HI/c1-16-3-2-10-28-15-18(25-20(16)28)8-9-24-21(23)27-13-11-26(12-14-27)19-6-4-17(22)5-7-19;/h2-7,10,15H,8-9,11-14H2,1H3,(H2,23,24);1H. The van der Waals surface area contributed by atoms with Gasteiger partial charge in [-0.25, -0.2) is 4.98 Å². The van der Waals surface area contributed by atoms with Gasteiger partial charge in [-0.05, 0) is 42.8 Å². The molecule has 1 aliphatic rings. The van der Waals surface area contributed by atoms with E-state index < -0.39 is 0 Å². The molecular weight excluding hydrogens is 499 g/mol. The average molecular weight is 525 g/mol. The number of fused-ring (bicyclic) bond motifs is 1. The van der Waals surface area contributed by atoms with E-state index in [9.17, 15) is 0 Å². The van der Waals surface area contributed by atoms with Crippen LogP contribution in [0.1, 0.15) is 11.3 Å². The summed E-state index contributed by atoms with van der Waals surface area (Å²) in [6.07, 6.45) is 4.88. The van der Waals surface area contributed by atoms with E-state index in [0.29, 0.717) is 12.5 Å². The summed E-state index contributed by atoms with van der Waals surface area (Å²) in [5.41, 5.74) is 10.6. The molecule has 0 radical (unpaired) electrons. The first-order valence-corrected chi connectivity index (χ1v) is 9.96. The van der Waals surface area contributed by atoms with Gasteiger partial charge in [-0.15, -0.1) is 24.0 Å². The van der Waals surface area contributed by atoms with Crippen molar-refractivity contribution in [3.05, 3.63) is 65.1 Å². The third-order valence-electron chi connectivity index (χ3n) is 5.16. The molecule has 0 atom stereocenters. The lowest BCUT2D eigenvalue weighted by Gasteiger charge is -2.36. The Morgan fingerprint density at radius 1 is 1.14 bits per heavy atom. The second kappa shape index (κ2) is 9.67. The number of rotatable bonds is 4. The highest BCUT2D eigenvalue weighted by Crippen LogP contribution is 2.19. The first kappa shape index (κ1) is 21.7. The van der Waals surface area contributed by atoms with Gasteiger partial charge in [0.25, 0.3) is 0 Å². The topological polar surface area (TPSA) is 62.2 Å². The molecule has 0 saturated carbocycles. The number of hydrogen-bond acceptors (Lipinski definition) is 3. The lowest BCUT2D eigenvalue weighted by molar-refractivity contribution is 0.381. The summed E-state index contributed by atoms with van der Waals surface area (Å²) in [6, 6.07) is 12.1. The van der Waals surface area contributed by atoms with Gasteiger partial charge in [0.05, 0.1) is 5.69 Å². The number of nitrogens with two attached hydrogens (primary N) is 1. The second-order valence-electron chi connectivity index (χ2n) is 7.09. The molecule has 3 heterocycles. The van der Waals surface area contributed by atoms with Crippen LogP contribution in [0.4, 0.5) is 5.69 Å². The molecule has 2 aromatic heterocycles. The molecule has 0 unspecified atom stereocenters. The zero-order chi connectivity index (χ0) is 19.5. The molecule has 6 nitrogen and oxygen atoms in total. The van der Waals surface area contributed by atoms with Crippen LogP contribution in [0.2, 0.25) is 5.02 Å².